The lowest BCUT2D eigenvalue weighted by atomic mass is 9.81. The molecule has 15 heavy (non-hydrogen) atoms. The molecular weight excluding hydrogens is 185 g/mol. The third-order valence-corrected chi connectivity index (χ3v) is 2.90. The van der Waals surface area contributed by atoms with Gasteiger partial charge >= 0.3 is 0 Å². The largest absolute Gasteiger partial charge is 0.372 e. The normalized spacial score (nSPS) is 36.5. The van der Waals surface area contributed by atoms with Crippen molar-refractivity contribution >= 4 is 7.85 Å². The Bertz CT molecular complexity index is 277. The molecule has 1 fully saturated rings. The van der Waals surface area contributed by atoms with E-state index in [2.05, 4.69) is 37.0 Å². The lowest BCUT2D eigenvalue weighted by molar-refractivity contribution is -0.0568. The monoisotopic (exact) mass is 203 g/mol. The van der Waals surface area contributed by atoms with Gasteiger partial charge in [0.15, 0.2) is 0 Å². The van der Waals surface area contributed by atoms with Crippen LogP contribution in [0, 0.1) is 0 Å². The first-order valence-corrected chi connectivity index (χ1v) is 5.69. The number of nitrogens with zero attached hydrogens (tertiary/aromatic N) is 1. The molecule has 1 aliphatic carbocycles. The zero-order valence-corrected chi connectivity index (χ0v) is 9.52. The first-order chi connectivity index (χ1) is 7.15. The van der Waals surface area contributed by atoms with Crippen LogP contribution in [0.25, 0.3) is 0 Å². The van der Waals surface area contributed by atoms with Gasteiger partial charge in [-0.25, -0.2) is 0 Å². The Labute approximate surface area is 93.4 Å². The molecule has 0 amide bonds. The summed E-state index contributed by atoms with van der Waals surface area (Å²) < 4.78 is 5.71. The van der Waals surface area contributed by atoms with Crippen molar-refractivity contribution in [3.8, 4) is 0 Å². The van der Waals surface area contributed by atoms with Gasteiger partial charge in [0.05, 0.1) is 20.1 Å². The van der Waals surface area contributed by atoms with Gasteiger partial charge in [-0.1, -0.05) is 18.0 Å². The van der Waals surface area contributed by atoms with E-state index in [0.29, 0.717) is 12.2 Å². The second-order valence-electron chi connectivity index (χ2n) is 4.55. The van der Waals surface area contributed by atoms with Crippen LogP contribution in [0.3, 0.4) is 0 Å². The standard InChI is InChI=1S/C12H18BNO/c1-9-7-14(8-10(2)15-9)12-5-3-11(13)4-6-12/h3,5-6,9-11H,4,7-8H2,1-2H3/t9-,10+,11?. The zero-order valence-electron chi connectivity index (χ0n) is 9.52. The topological polar surface area (TPSA) is 12.5 Å². The maximum Gasteiger partial charge on any atom is 0.0759 e. The summed E-state index contributed by atoms with van der Waals surface area (Å²) in [4.78, 5) is 2.39. The predicted octanol–water partition coefficient (Wildman–Crippen LogP) is 1.90. The molecule has 0 bridgehead atoms. The molecule has 0 aromatic carbocycles. The Morgan fingerprint density at radius 1 is 1.33 bits per heavy atom. The van der Waals surface area contributed by atoms with Gasteiger partial charge in [-0.05, 0) is 26.3 Å². The van der Waals surface area contributed by atoms with Crippen molar-refractivity contribution in [1.29, 1.82) is 0 Å². The Morgan fingerprint density at radius 3 is 2.53 bits per heavy atom. The Kier molecular flexibility index (Phi) is 3.20. The summed E-state index contributed by atoms with van der Waals surface area (Å²) in [6.07, 6.45) is 8.04. The molecule has 0 aromatic heterocycles. The van der Waals surface area contributed by atoms with Crippen LogP contribution in [0.2, 0.25) is 5.82 Å². The average Bonchev–Trinajstić information content (AvgIpc) is 2.17. The van der Waals surface area contributed by atoms with Crippen molar-refractivity contribution in [2.24, 2.45) is 0 Å². The molecule has 1 unspecified atom stereocenters. The number of allylic oxidation sites excluding steroid dienone is 3. The number of hydrogen-bond acceptors (Lipinski definition) is 2. The number of ether oxygens (including phenoxy) is 1. The van der Waals surface area contributed by atoms with E-state index < -0.39 is 0 Å². The van der Waals surface area contributed by atoms with Crippen molar-refractivity contribution in [3.63, 3.8) is 0 Å². The van der Waals surface area contributed by atoms with Gasteiger partial charge in [0.1, 0.15) is 0 Å². The summed E-state index contributed by atoms with van der Waals surface area (Å²) in [5.41, 5.74) is 1.30. The highest BCUT2D eigenvalue weighted by Crippen LogP contribution is 2.23. The number of morpholine rings is 1. The first-order valence-electron chi connectivity index (χ1n) is 5.69. The highest BCUT2D eigenvalue weighted by molar-refractivity contribution is 6.13. The van der Waals surface area contributed by atoms with Crippen molar-refractivity contribution in [2.45, 2.75) is 38.3 Å². The third kappa shape index (κ3) is 2.66. The van der Waals surface area contributed by atoms with Crippen molar-refractivity contribution < 1.29 is 4.74 Å². The van der Waals surface area contributed by atoms with E-state index in [0.717, 1.165) is 19.5 Å². The van der Waals surface area contributed by atoms with Gasteiger partial charge in [-0.15, -0.1) is 0 Å². The van der Waals surface area contributed by atoms with Gasteiger partial charge in [0.2, 0.25) is 0 Å². The Morgan fingerprint density at radius 2 is 2.00 bits per heavy atom. The molecule has 2 nitrogen and oxygen atoms in total. The molecule has 2 aliphatic rings. The van der Waals surface area contributed by atoms with Crippen LogP contribution in [0.1, 0.15) is 20.3 Å². The summed E-state index contributed by atoms with van der Waals surface area (Å²) in [5.74, 6) is 0.199. The van der Waals surface area contributed by atoms with Crippen molar-refractivity contribution in [3.05, 3.63) is 23.9 Å². The molecule has 0 N–H and O–H groups in total. The molecule has 0 saturated carbocycles. The summed E-state index contributed by atoms with van der Waals surface area (Å²) in [5, 5.41) is 0. The quantitative estimate of drug-likeness (QED) is 0.603. The van der Waals surface area contributed by atoms with Crippen molar-refractivity contribution in [1.82, 2.24) is 4.90 Å². The molecule has 1 aliphatic heterocycles. The fourth-order valence-corrected chi connectivity index (χ4v) is 2.25. The molecule has 1 saturated heterocycles. The SMILES string of the molecule is [B]C1C=CC(N2C[C@@H](C)O[C@@H](C)C2)=CC1. The predicted molar refractivity (Wildman–Crippen MR) is 62.9 cm³/mol. The fourth-order valence-electron chi connectivity index (χ4n) is 2.25. The third-order valence-electron chi connectivity index (χ3n) is 2.90. The second kappa shape index (κ2) is 4.44. The summed E-state index contributed by atoms with van der Waals surface area (Å²) >= 11 is 0. The zero-order chi connectivity index (χ0) is 10.8. The van der Waals surface area contributed by atoms with E-state index in [4.69, 9.17) is 12.6 Å². The summed E-state index contributed by atoms with van der Waals surface area (Å²) in [6.45, 7) is 6.22. The van der Waals surface area contributed by atoms with Crippen LogP contribution < -0.4 is 0 Å². The first kappa shape index (κ1) is 10.8. The van der Waals surface area contributed by atoms with E-state index in [1.165, 1.54) is 5.70 Å². The Balaban J connectivity index is 2.01. The van der Waals surface area contributed by atoms with E-state index in [1.54, 1.807) is 0 Å². The lowest BCUT2D eigenvalue weighted by Gasteiger charge is -2.38. The van der Waals surface area contributed by atoms with Crippen LogP contribution in [0.5, 0.6) is 0 Å². The van der Waals surface area contributed by atoms with Gasteiger partial charge < -0.3 is 9.64 Å². The van der Waals surface area contributed by atoms with Crippen LogP contribution in [0.15, 0.2) is 23.9 Å². The van der Waals surface area contributed by atoms with Crippen LogP contribution >= 0.6 is 0 Å². The Hall–Kier alpha value is -0.695. The minimum absolute atomic E-state index is 0.199. The van der Waals surface area contributed by atoms with Gasteiger partial charge in [0, 0.05) is 18.8 Å². The number of hydrogen-bond donors (Lipinski definition) is 0. The smallest absolute Gasteiger partial charge is 0.0759 e. The highest BCUT2D eigenvalue weighted by Gasteiger charge is 2.23. The average molecular weight is 203 g/mol. The van der Waals surface area contributed by atoms with E-state index in [9.17, 15) is 0 Å². The molecule has 1 heterocycles. The van der Waals surface area contributed by atoms with Crippen LogP contribution in [-0.4, -0.2) is 38.0 Å². The number of rotatable bonds is 1. The summed E-state index contributed by atoms with van der Waals surface area (Å²) in [6, 6.07) is 0. The molecular formula is C12H18BNO. The molecule has 3 atom stereocenters. The fraction of sp³-hybridized carbons (Fsp3) is 0.667. The van der Waals surface area contributed by atoms with E-state index in [1.807, 2.05) is 0 Å². The molecule has 3 heteroatoms. The maximum atomic E-state index is 5.81. The van der Waals surface area contributed by atoms with Gasteiger partial charge in [-0.3, -0.25) is 0 Å². The van der Waals surface area contributed by atoms with E-state index in [-0.39, 0.29) is 5.82 Å². The van der Waals surface area contributed by atoms with Crippen LogP contribution in [-0.2, 0) is 4.74 Å². The molecule has 2 radical (unpaired) electrons. The molecule has 2 rings (SSSR count). The second-order valence-corrected chi connectivity index (χ2v) is 4.55. The molecule has 80 valence electrons. The highest BCUT2D eigenvalue weighted by atomic mass is 16.5. The van der Waals surface area contributed by atoms with Crippen LogP contribution in [0.4, 0.5) is 0 Å². The van der Waals surface area contributed by atoms with Gasteiger partial charge in [0.25, 0.3) is 0 Å². The molecule has 0 spiro atoms. The van der Waals surface area contributed by atoms with Gasteiger partial charge in [-0.2, -0.15) is 0 Å². The minimum Gasteiger partial charge on any atom is -0.372 e. The lowest BCUT2D eigenvalue weighted by Crippen LogP contribution is -2.44. The van der Waals surface area contributed by atoms with Crippen molar-refractivity contribution in [2.75, 3.05) is 13.1 Å². The maximum absolute atomic E-state index is 5.81. The molecule has 0 aromatic rings. The van der Waals surface area contributed by atoms with E-state index >= 15 is 0 Å². The summed E-state index contributed by atoms with van der Waals surface area (Å²) in [7, 11) is 5.81. The minimum atomic E-state index is 0.199.